The molecule has 3 fully saturated rings. The molecule has 3 heterocycles. The molecular formula is C20H34O15. The number of carboxylic acids is 1. The number of methoxy groups -OCH3 is 1. The van der Waals surface area contributed by atoms with Gasteiger partial charge in [-0.3, -0.25) is 0 Å². The summed E-state index contributed by atoms with van der Waals surface area (Å²) in [6, 6.07) is 0. The molecule has 0 bridgehead atoms. The Morgan fingerprint density at radius 2 is 1.31 bits per heavy atom. The van der Waals surface area contributed by atoms with Crippen molar-refractivity contribution >= 4 is 5.97 Å². The zero-order chi connectivity index (χ0) is 26.2. The van der Waals surface area contributed by atoms with Crippen LogP contribution in [0.25, 0.3) is 0 Å². The molecule has 0 aromatic rings. The van der Waals surface area contributed by atoms with Crippen molar-refractivity contribution in [2.75, 3.05) is 13.7 Å². The lowest BCUT2D eigenvalue weighted by Gasteiger charge is -2.48. The number of rotatable bonds is 7. The van der Waals surface area contributed by atoms with Crippen LogP contribution in [0.15, 0.2) is 0 Å². The van der Waals surface area contributed by atoms with E-state index in [9.17, 15) is 45.6 Å². The molecule has 3 saturated heterocycles. The Labute approximate surface area is 200 Å². The summed E-state index contributed by atoms with van der Waals surface area (Å²) in [5, 5.41) is 81.0. The van der Waals surface area contributed by atoms with E-state index in [0.717, 1.165) is 0 Å². The topological polar surface area (TPSA) is 234 Å². The number of aliphatic hydroxyl groups is 7. The van der Waals surface area contributed by atoms with Gasteiger partial charge in [0.25, 0.3) is 0 Å². The Morgan fingerprint density at radius 3 is 1.89 bits per heavy atom. The first-order valence-electron chi connectivity index (χ1n) is 11.1. The van der Waals surface area contributed by atoms with Crippen LogP contribution in [-0.4, -0.2) is 147 Å². The van der Waals surface area contributed by atoms with Crippen LogP contribution in [0.1, 0.15) is 13.8 Å². The molecule has 3 aliphatic heterocycles. The van der Waals surface area contributed by atoms with Crippen molar-refractivity contribution in [2.24, 2.45) is 5.92 Å². The summed E-state index contributed by atoms with van der Waals surface area (Å²) in [7, 11) is 1.21. The normalized spacial score (nSPS) is 51.2. The van der Waals surface area contributed by atoms with Crippen molar-refractivity contribution in [3.63, 3.8) is 0 Å². The summed E-state index contributed by atoms with van der Waals surface area (Å²) in [6.45, 7) is 2.10. The second kappa shape index (κ2) is 11.6. The highest BCUT2D eigenvalue weighted by Crippen LogP contribution is 2.34. The average molecular weight is 514 g/mol. The molecular weight excluding hydrogens is 480 g/mol. The van der Waals surface area contributed by atoms with E-state index in [-0.39, 0.29) is 0 Å². The van der Waals surface area contributed by atoms with E-state index in [1.807, 2.05) is 0 Å². The molecule has 0 saturated carbocycles. The van der Waals surface area contributed by atoms with Crippen LogP contribution >= 0.6 is 0 Å². The number of hydrogen-bond acceptors (Lipinski definition) is 14. The highest BCUT2D eigenvalue weighted by atomic mass is 16.8. The third-order valence-electron chi connectivity index (χ3n) is 6.59. The van der Waals surface area contributed by atoms with Gasteiger partial charge < -0.3 is 69.3 Å². The minimum absolute atomic E-state index is 0.691. The number of carbonyl (C=O) groups is 1. The summed E-state index contributed by atoms with van der Waals surface area (Å²) >= 11 is 0. The maximum absolute atomic E-state index is 11.6. The van der Waals surface area contributed by atoms with Crippen LogP contribution in [0.5, 0.6) is 0 Å². The largest absolute Gasteiger partial charge is 0.479 e. The van der Waals surface area contributed by atoms with Crippen molar-refractivity contribution < 1.29 is 74.1 Å². The fourth-order valence-electron chi connectivity index (χ4n) is 4.36. The molecule has 0 spiro atoms. The Kier molecular flexibility index (Phi) is 9.42. The van der Waals surface area contributed by atoms with Gasteiger partial charge in [-0.25, -0.2) is 4.79 Å². The summed E-state index contributed by atoms with van der Waals surface area (Å²) in [4.78, 5) is 11.6. The first kappa shape index (κ1) is 28.5. The Balaban J connectivity index is 1.88. The second-order valence-electron chi connectivity index (χ2n) is 8.94. The zero-order valence-corrected chi connectivity index (χ0v) is 19.3. The summed E-state index contributed by atoms with van der Waals surface area (Å²) in [6.07, 6.45) is -21.2. The molecule has 15 nitrogen and oxygen atoms in total. The van der Waals surface area contributed by atoms with Crippen molar-refractivity contribution in [3.8, 4) is 0 Å². The molecule has 0 aliphatic carbocycles. The van der Waals surface area contributed by atoms with Gasteiger partial charge in [-0.1, -0.05) is 6.92 Å². The molecule has 9 unspecified atom stereocenters. The summed E-state index contributed by atoms with van der Waals surface area (Å²) in [5.74, 6) is -2.41. The first-order chi connectivity index (χ1) is 16.4. The number of aliphatic carboxylic acids is 1. The van der Waals surface area contributed by atoms with Crippen LogP contribution in [-0.2, 0) is 33.2 Å². The van der Waals surface area contributed by atoms with E-state index >= 15 is 0 Å². The van der Waals surface area contributed by atoms with Crippen molar-refractivity contribution in [1.82, 2.24) is 0 Å². The van der Waals surface area contributed by atoms with Gasteiger partial charge in [0.1, 0.15) is 48.8 Å². The summed E-state index contributed by atoms with van der Waals surface area (Å²) in [5.41, 5.74) is 0. The van der Waals surface area contributed by atoms with Crippen LogP contribution in [0.2, 0.25) is 0 Å². The Morgan fingerprint density at radius 1 is 0.743 bits per heavy atom. The average Bonchev–Trinajstić information content (AvgIpc) is 2.82. The van der Waals surface area contributed by atoms with Gasteiger partial charge in [0.05, 0.1) is 18.8 Å². The lowest BCUT2D eigenvalue weighted by Crippen LogP contribution is -2.66. The predicted octanol–water partition coefficient (Wildman–Crippen LogP) is -4.52. The molecule has 35 heavy (non-hydrogen) atoms. The Hall–Kier alpha value is -1.05. The van der Waals surface area contributed by atoms with Crippen molar-refractivity contribution in [1.29, 1.82) is 0 Å². The van der Waals surface area contributed by atoms with Gasteiger partial charge in [-0.2, -0.15) is 0 Å². The molecule has 0 radical (unpaired) electrons. The van der Waals surface area contributed by atoms with E-state index in [1.54, 1.807) is 0 Å². The van der Waals surface area contributed by atoms with E-state index in [4.69, 9.17) is 28.4 Å². The standard InChI is InChI=1S/C20H34O15/c1-5-8(22)12(26)19(33-14(5)17(28)29)34-15-10(24)7(4-21)32-20(30-3)16(15)35-18-13(27)11(25)9(23)6(2)31-18/h5-16,18-27H,4H2,1-3H3,(H,28,29)/t5-,6?,7?,8-,9?,10-,11-,12?,13?,14?,15-,16?,18+,19?,20?/m0/s1. The third kappa shape index (κ3) is 5.62. The Bertz CT molecular complexity index is 710. The molecule has 204 valence electrons. The van der Waals surface area contributed by atoms with Crippen LogP contribution in [0.4, 0.5) is 0 Å². The SMILES string of the molecule is COC1OC(CO)[C@H](O)[C@H](OC2OC(C(=O)O)[C@@H](C)[C@H](O)C2O)C1O[C@H]1OC(C)C(O)[C@H](O)C1O. The quantitative estimate of drug-likeness (QED) is 0.160. The van der Waals surface area contributed by atoms with Crippen LogP contribution in [0.3, 0.4) is 0 Å². The molecule has 0 aromatic carbocycles. The number of ether oxygens (including phenoxy) is 6. The van der Waals surface area contributed by atoms with E-state index in [0.29, 0.717) is 0 Å². The van der Waals surface area contributed by atoms with Crippen molar-refractivity contribution in [3.05, 3.63) is 0 Å². The highest BCUT2D eigenvalue weighted by Gasteiger charge is 2.54. The maximum atomic E-state index is 11.6. The molecule has 15 heteroatoms. The first-order valence-corrected chi connectivity index (χ1v) is 11.1. The van der Waals surface area contributed by atoms with Gasteiger partial charge in [-0.05, 0) is 6.92 Å². The van der Waals surface area contributed by atoms with Crippen LogP contribution < -0.4 is 0 Å². The molecule has 3 rings (SSSR count). The monoisotopic (exact) mass is 514 g/mol. The zero-order valence-electron chi connectivity index (χ0n) is 19.3. The van der Waals surface area contributed by atoms with E-state index in [1.165, 1.54) is 21.0 Å². The maximum Gasteiger partial charge on any atom is 0.333 e. The van der Waals surface area contributed by atoms with Crippen molar-refractivity contribution in [2.45, 2.75) is 99.9 Å². The smallest absolute Gasteiger partial charge is 0.333 e. The number of hydrogen-bond donors (Lipinski definition) is 8. The van der Waals surface area contributed by atoms with Gasteiger partial charge in [0.15, 0.2) is 25.0 Å². The van der Waals surface area contributed by atoms with Gasteiger partial charge in [0, 0.05) is 13.0 Å². The second-order valence-corrected chi connectivity index (χ2v) is 8.94. The summed E-state index contributed by atoms with van der Waals surface area (Å²) < 4.78 is 32.9. The molecule has 8 N–H and O–H groups in total. The minimum Gasteiger partial charge on any atom is -0.479 e. The third-order valence-corrected chi connectivity index (χ3v) is 6.59. The van der Waals surface area contributed by atoms with Gasteiger partial charge in [0.2, 0.25) is 0 Å². The molecule has 3 aliphatic rings. The molecule has 0 aromatic heterocycles. The van der Waals surface area contributed by atoms with E-state index < -0.39 is 105 Å². The van der Waals surface area contributed by atoms with Crippen LogP contribution in [0, 0.1) is 5.92 Å². The van der Waals surface area contributed by atoms with Gasteiger partial charge >= 0.3 is 5.97 Å². The van der Waals surface area contributed by atoms with Gasteiger partial charge in [-0.15, -0.1) is 0 Å². The molecule has 0 amide bonds. The van der Waals surface area contributed by atoms with E-state index in [2.05, 4.69) is 0 Å². The predicted molar refractivity (Wildman–Crippen MR) is 108 cm³/mol. The number of carboxylic acid groups (broad SMARTS) is 1. The minimum atomic E-state index is -1.76. The highest BCUT2D eigenvalue weighted by molar-refractivity contribution is 5.73. The fourth-order valence-corrected chi connectivity index (χ4v) is 4.36. The lowest BCUT2D eigenvalue weighted by atomic mass is 9.90. The lowest BCUT2D eigenvalue weighted by molar-refractivity contribution is -0.385. The number of aliphatic hydroxyl groups excluding tert-OH is 7. The fraction of sp³-hybridized carbons (Fsp3) is 0.950. The molecule has 15 atom stereocenters.